The summed E-state index contributed by atoms with van der Waals surface area (Å²) in [6.45, 7) is 2.48. The van der Waals surface area contributed by atoms with E-state index >= 15 is 0 Å². The number of anilines is 1. The van der Waals surface area contributed by atoms with Crippen LogP contribution < -0.4 is 10.5 Å². The predicted molar refractivity (Wildman–Crippen MR) is 95.7 cm³/mol. The normalized spacial score (nSPS) is 17.0. The van der Waals surface area contributed by atoms with Crippen molar-refractivity contribution in [1.29, 1.82) is 0 Å². The Hall–Kier alpha value is -3.23. The molecule has 4 heterocycles. The summed E-state index contributed by atoms with van der Waals surface area (Å²) in [5, 5.41) is 13.8. The number of nitrogens with one attached hydrogen (secondary N) is 1. The zero-order valence-electron chi connectivity index (χ0n) is 14.6. The van der Waals surface area contributed by atoms with Crippen molar-refractivity contribution in [2.45, 2.75) is 32.2 Å². The van der Waals surface area contributed by atoms with E-state index in [1.54, 1.807) is 12.3 Å². The van der Waals surface area contributed by atoms with E-state index in [1.807, 2.05) is 11.8 Å². The van der Waals surface area contributed by atoms with Crippen molar-refractivity contribution in [2.75, 3.05) is 11.4 Å². The third-order valence-electron chi connectivity index (χ3n) is 4.89. The van der Waals surface area contributed by atoms with E-state index in [0.29, 0.717) is 36.5 Å². The zero-order valence-corrected chi connectivity index (χ0v) is 14.6. The highest BCUT2D eigenvalue weighted by Crippen LogP contribution is 2.34. The molecule has 140 valence electrons. The molecule has 0 amide bonds. The van der Waals surface area contributed by atoms with Crippen LogP contribution in [0.3, 0.4) is 0 Å². The predicted octanol–water partition coefficient (Wildman–Crippen LogP) is 2.16. The smallest absolute Gasteiger partial charge is 0.341 e. The Morgan fingerprint density at radius 1 is 1.48 bits per heavy atom. The Morgan fingerprint density at radius 2 is 2.30 bits per heavy atom. The monoisotopic (exact) mass is 371 g/mol. The lowest BCUT2D eigenvalue weighted by Crippen LogP contribution is -2.28. The minimum absolute atomic E-state index is 0.0821. The summed E-state index contributed by atoms with van der Waals surface area (Å²) in [6.07, 6.45) is 4.68. The van der Waals surface area contributed by atoms with Gasteiger partial charge in [-0.15, -0.1) is 0 Å². The van der Waals surface area contributed by atoms with E-state index in [0.717, 1.165) is 12.6 Å². The Labute approximate surface area is 153 Å². The Bertz CT molecular complexity index is 1090. The summed E-state index contributed by atoms with van der Waals surface area (Å²) in [5.74, 6) is -1.04. The summed E-state index contributed by atoms with van der Waals surface area (Å²) in [6, 6.07) is 2.66. The molecule has 8 nitrogen and oxygen atoms in total. The number of halogens is 1. The minimum atomic E-state index is -1.08. The van der Waals surface area contributed by atoms with Crippen molar-refractivity contribution in [2.24, 2.45) is 0 Å². The fourth-order valence-corrected chi connectivity index (χ4v) is 3.68. The summed E-state index contributed by atoms with van der Waals surface area (Å²) in [5.41, 5.74) is 0.814. The van der Waals surface area contributed by atoms with E-state index in [2.05, 4.69) is 15.1 Å². The highest BCUT2D eigenvalue weighted by molar-refractivity contribution is 5.96. The van der Waals surface area contributed by atoms with Crippen LogP contribution in [0.25, 0.3) is 5.65 Å². The molecule has 0 unspecified atom stereocenters. The molecule has 1 atom stereocenters. The number of fused-ring (bicyclic) bond motifs is 1. The number of rotatable bonds is 4. The highest BCUT2D eigenvalue weighted by atomic mass is 19.1. The van der Waals surface area contributed by atoms with Gasteiger partial charge in [0.2, 0.25) is 0 Å². The molecule has 0 radical (unpaired) electrons. The maximum Gasteiger partial charge on any atom is 0.341 e. The number of carboxylic acid groups (broad SMARTS) is 1. The number of aryl methyl sites for hydroxylation is 1. The molecule has 1 fully saturated rings. The second-order valence-corrected chi connectivity index (χ2v) is 6.49. The minimum Gasteiger partial charge on any atom is -0.477 e. The van der Waals surface area contributed by atoms with Gasteiger partial charge >= 0.3 is 5.97 Å². The number of nitrogens with zero attached hydrogens (tertiary/aromatic N) is 4. The van der Waals surface area contributed by atoms with Gasteiger partial charge in [-0.3, -0.25) is 4.79 Å². The Balaban J connectivity index is 1.81. The van der Waals surface area contributed by atoms with Crippen molar-refractivity contribution in [1.82, 2.24) is 19.6 Å². The molecule has 0 spiro atoms. The van der Waals surface area contributed by atoms with Gasteiger partial charge in [0.05, 0.1) is 11.7 Å². The molecule has 4 rings (SSSR count). The van der Waals surface area contributed by atoms with Crippen molar-refractivity contribution in [3.8, 4) is 0 Å². The van der Waals surface area contributed by atoms with E-state index in [-0.39, 0.29) is 22.8 Å². The molecule has 9 heteroatoms. The zero-order chi connectivity index (χ0) is 19.1. The van der Waals surface area contributed by atoms with E-state index in [4.69, 9.17) is 0 Å². The van der Waals surface area contributed by atoms with Gasteiger partial charge in [0.25, 0.3) is 5.56 Å². The van der Waals surface area contributed by atoms with Crippen LogP contribution in [-0.4, -0.2) is 37.2 Å². The molecule has 0 aliphatic carbocycles. The highest BCUT2D eigenvalue weighted by Gasteiger charge is 2.30. The lowest BCUT2D eigenvalue weighted by atomic mass is 10.1. The number of aromatic nitrogens is 4. The molecule has 2 N–H and O–H groups in total. The van der Waals surface area contributed by atoms with Crippen LogP contribution in [0.2, 0.25) is 0 Å². The van der Waals surface area contributed by atoms with Crippen molar-refractivity contribution < 1.29 is 14.3 Å². The SMILES string of the molecule is CCc1nn2ccc(N3CCC[C@@H]3c3cc(F)c[nH]c3=O)nc2c1C(=O)O. The second kappa shape index (κ2) is 6.49. The summed E-state index contributed by atoms with van der Waals surface area (Å²) >= 11 is 0. The molecule has 1 aliphatic heterocycles. The number of hydrogen-bond acceptors (Lipinski definition) is 5. The first-order valence-corrected chi connectivity index (χ1v) is 8.76. The maximum atomic E-state index is 13.6. The van der Waals surface area contributed by atoms with Gasteiger partial charge in [-0.2, -0.15) is 5.10 Å². The van der Waals surface area contributed by atoms with Crippen LogP contribution in [0.1, 0.15) is 47.4 Å². The van der Waals surface area contributed by atoms with Gasteiger partial charge < -0.3 is 15.0 Å². The Kier molecular flexibility index (Phi) is 4.14. The molecular formula is C18H18FN5O3. The fourth-order valence-electron chi connectivity index (χ4n) is 3.68. The lowest BCUT2D eigenvalue weighted by Gasteiger charge is -2.25. The maximum absolute atomic E-state index is 13.6. The van der Waals surface area contributed by atoms with Crippen LogP contribution in [0.5, 0.6) is 0 Å². The van der Waals surface area contributed by atoms with E-state index < -0.39 is 11.8 Å². The van der Waals surface area contributed by atoms with E-state index in [9.17, 15) is 19.1 Å². The quantitative estimate of drug-likeness (QED) is 0.728. The summed E-state index contributed by atoms with van der Waals surface area (Å²) in [4.78, 5) is 32.7. The molecule has 1 saturated heterocycles. The van der Waals surface area contributed by atoms with Gasteiger partial charge in [-0.05, 0) is 31.4 Å². The number of aromatic carboxylic acids is 1. The topological polar surface area (TPSA) is 104 Å². The van der Waals surface area contributed by atoms with Crippen molar-refractivity contribution in [3.05, 3.63) is 57.5 Å². The standard InChI is InChI=1S/C18H18FN5O3/c1-2-12-15(18(26)27)16-21-14(5-7-24(16)22-12)23-6-3-4-13(23)11-8-10(19)9-20-17(11)25/h5,7-9,13H,2-4,6H2,1H3,(H,20,25)(H,26,27)/t13-/m1/s1. The van der Waals surface area contributed by atoms with Crippen LogP contribution in [0, 0.1) is 5.82 Å². The number of carboxylic acids is 1. The number of carbonyl (C=O) groups is 1. The van der Waals surface area contributed by atoms with Gasteiger partial charge in [-0.25, -0.2) is 18.7 Å². The first kappa shape index (κ1) is 17.2. The molecule has 3 aromatic rings. The fraction of sp³-hybridized carbons (Fsp3) is 0.333. The summed E-state index contributed by atoms with van der Waals surface area (Å²) in [7, 11) is 0. The molecule has 0 aromatic carbocycles. The molecule has 1 aliphatic rings. The van der Waals surface area contributed by atoms with Crippen LogP contribution in [0.15, 0.2) is 29.3 Å². The van der Waals surface area contributed by atoms with Crippen LogP contribution in [-0.2, 0) is 6.42 Å². The van der Waals surface area contributed by atoms with Crippen molar-refractivity contribution in [3.63, 3.8) is 0 Å². The van der Waals surface area contributed by atoms with Gasteiger partial charge in [0.15, 0.2) is 5.65 Å². The molecule has 0 saturated carbocycles. The van der Waals surface area contributed by atoms with E-state index in [1.165, 1.54) is 10.6 Å². The Morgan fingerprint density at radius 3 is 3.04 bits per heavy atom. The number of H-pyrrole nitrogens is 1. The largest absolute Gasteiger partial charge is 0.477 e. The average Bonchev–Trinajstić information content (AvgIpc) is 3.27. The number of pyridine rings is 1. The third-order valence-corrected chi connectivity index (χ3v) is 4.89. The third kappa shape index (κ3) is 2.84. The molecule has 3 aromatic heterocycles. The number of hydrogen-bond donors (Lipinski definition) is 2. The van der Waals surface area contributed by atoms with Gasteiger partial charge in [-0.1, -0.05) is 6.92 Å². The first-order valence-electron chi connectivity index (χ1n) is 8.76. The molecular weight excluding hydrogens is 353 g/mol. The lowest BCUT2D eigenvalue weighted by molar-refractivity contribution is 0.0697. The molecule has 0 bridgehead atoms. The van der Waals surface area contributed by atoms with Crippen LogP contribution >= 0.6 is 0 Å². The molecule has 27 heavy (non-hydrogen) atoms. The van der Waals surface area contributed by atoms with Gasteiger partial charge in [0.1, 0.15) is 17.2 Å². The van der Waals surface area contributed by atoms with Crippen molar-refractivity contribution >= 4 is 17.4 Å². The van der Waals surface area contributed by atoms with Crippen LogP contribution in [0.4, 0.5) is 10.2 Å². The first-order chi connectivity index (χ1) is 13.0. The number of aromatic amines is 1. The summed E-state index contributed by atoms with van der Waals surface area (Å²) < 4.78 is 15.1. The average molecular weight is 371 g/mol. The second-order valence-electron chi connectivity index (χ2n) is 6.49. The van der Waals surface area contributed by atoms with Gasteiger partial charge in [0, 0.05) is 24.5 Å².